The minimum Gasteiger partial charge on any atom is -0.360 e. The largest absolute Gasteiger partial charge is 0.360 e. The minimum absolute atomic E-state index is 0.631. The number of aryl methyl sites for hydroxylation is 1. The van der Waals surface area contributed by atoms with E-state index in [1.165, 1.54) is 5.56 Å². The second kappa shape index (κ2) is 6.87. The van der Waals surface area contributed by atoms with Crippen molar-refractivity contribution in [3.8, 4) is 0 Å². The highest BCUT2D eigenvalue weighted by atomic mass is 16.5. The van der Waals surface area contributed by atoms with Crippen LogP contribution >= 0.6 is 0 Å². The summed E-state index contributed by atoms with van der Waals surface area (Å²) in [6, 6.07) is 7.64. The Morgan fingerprint density at radius 3 is 2.70 bits per heavy atom. The number of likely N-dealkylation sites (N-methyl/N-ethyl adjacent to an activating group) is 1. The molecule has 3 rings (SSSR count). The molecule has 118 valence electrons. The molecule has 0 fully saturated rings. The summed E-state index contributed by atoms with van der Waals surface area (Å²) in [5.41, 5.74) is 1.24. The third-order valence-electron chi connectivity index (χ3n) is 3.35. The van der Waals surface area contributed by atoms with Gasteiger partial charge < -0.3 is 14.7 Å². The van der Waals surface area contributed by atoms with Crippen molar-refractivity contribution in [2.75, 3.05) is 23.8 Å². The maximum absolute atomic E-state index is 5.03. The van der Waals surface area contributed by atoms with E-state index in [2.05, 4.69) is 25.4 Å². The van der Waals surface area contributed by atoms with Gasteiger partial charge in [0.05, 0.1) is 0 Å². The quantitative estimate of drug-likeness (QED) is 0.749. The second-order valence-corrected chi connectivity index (χ2v) is 5.22. The molecule has 23 heavy (non-hydrogen) atoms. The van der Waals surface area contributed by atoms with Crippen molar-refractivity contribution in [3.63, 3.8) is 0 Å². The highest BCUT2D eigenvalue weighted by molar-refractivity contribution is 5.52. The van der Waals surface area contributed by atoms with E-state index in [9.17, 15) is 0 Å². The fourth-order valence-electron chi connectivity index (χ4n) is 2.10. The van der Waals surface area contributed by atoms with Crippen LogP contribution in [0, 0.1) is 6.92 Å². The zero-order valence-electron chi connectivity index (χ0n) is 13.1. The van der Waals surface area contributed by atoms with E-state index in [1.807, 2.05) is 37.1 Å². The van der Waals surface area contributed by atoms with Crippen molar-refractivity contribution in [3.05, 3.63) is 54.2 Å². The zero-order chi connectivity index (χ0) is 16.1. The minimum atomic E-state index is 0.631. The monoisotopic (exact) mass is 310 g/mol. The molecular formula is C16H18N6O. The molecule has 0 radical (unpaired) electrons. The van der Waals surface area contributed by atoms with Crippen LogP contribution in [-0.4, -0.2) is 33.7 Å². The van der Waals surface area contributed by atoms with Crippen molar-refractivity contribution < 1.29 is 4.52 Å². The Kier molecular flexibility index (Phi) is 4.46. The smallest absolute Gasteiger partial charge is 0.227 e. The van der Waals surface area contributed by atoms with Crippen molar-refractivity contribution >= 4 is 17.6 Å². The fraction of sp³-hybridized carbons (Fsp3) is 0.250. The highest BCUT2D eigenvalue weighted by Crippen LogP contribution is 2.16. The lowest BCUT2D eigenvalue weighted by Gasteiger charge is -2.17. The second-order valence-electron chi connectivity index (χ2n) is 5.22. The van der Waals surface area contributed by atoms with Crippen LogP contribution in [0.3, 0.4) is 0 Å². The van der Waals surface area contributed by atoms with Crippen LogP contribution in [0.25, 0.3) is 0 Å². The van der Waals surface area contributed by atoms with E-state index in [0.717, 1.165) is 18.7 Å². The number of nitrogens with zero attached hydrogens (tertiary/aromatic N) is 5. The molecule has 7 heteroatoms. The summed E-state index contributed by atoms with van der Waals surface area (Å²) in [6.07, 6.45) is 6.23. The van der Waals surface area contributed by atoms with Gasteiger partial charge in [0, 0.05) is 38.2 Å². The average Bonchev–Trinajstić information content (AvgIpc) is 2.99. The summed E-state index contributed by atoms with van der Waals surface area (Å²) in [6.45, 7) is 2.66. The molecular weight excluding hydrogens is 292 g/mol. The van der Waals surface area contributed by atoms with Crippen molar-refractivity contribution in [1.29, 1.82) is 0 Å². The Bertz CT molecular complexity index is 758. The highest BCUT2D eigenvalue weighted by Gasteiger charge is 2.07. The van der Waals surface area contributed by atoms with Gasteiger partial charge in [0.1, 0.15) is 11.6 Å². The maximum Gasteiger partial charge on any atom is 0.227 e. The lowest BCUT2D eigenvalue weighted by molar-refractivity contribution is 0.400. The Morgan fingerprint density at radius 1 is 1.13 bits per heavy atom. The normalized spacial score (nSPS) is 10.5. The van der Waals surface area contributed by atoms with E-state index in [-0.39, 0.29) is 0 Å². The van der Waals surface area contributed by atoms with Gasteiger partial charge in [0.25, 0.3) is 0 Å². The summed E-state index contributed by atoms with van der Waals surface area (Å²) in [4.78, 5) is 14.9. The van der Waals surface area contributed by atoms with Gasteiger partial charge in [0.2, 0.25) is 5.95 Å². The molecule has 0 atom stereocenters. The van der Waals surface area contributed by atoms with Gasteiger partial charge in [-0.3, -0.25) is 4.98 Å². The lowest BCUT2D eigenvalue weighted by Crippen LogP contribution is -2.22. The standard InChI is InChI=1S/C16H18N6O/c1-12-11-15(21-23-12)19-14-5-9-18-16(20-14)22(2)10-6-13-3-7-17-8-4-13/h3-5,7-9,11H,6,10H2,1-2H3,(H,18,19,20,21). The van der Waals surface area contributed by atoms with Crippen LogP contribution in [0.15, 0.2) is 47.4 Å². The van der Waals surface area contributed by atoms with Crippen molar-refractivity contribution in [2.24, 2.45) is 0 Å². The SMILES string of the molecule is Cc1cc(Nc2ccnc(N(C)CCc3ccncc3)n2)no1. The van der Waals surface area contributed by atoms with Crippen LogP contribution in [-0.2, 0) is 6.42 Å². The molecule has 0 aromatic carbocycles. The van der Waals surface area contributed by atoms with E-state index in [0.29, 0.717) is 17.6 Å². The number of anilines is 3. The topological polar surface area (TPSA) is 80.0 Å². The number of pyridine rings is 1. The van der Waals surface area contributed by atoms with Crippen LogP contribution in [0.2, 0.25) is 0 Å². The number of aromatic nitrogens is 4. The Balaban J connectivity index is 1.64. The Labute approximate surface area is 134 Å². The third kappa shape index (κ3) is 4.03. The predicted molar refractivity (Wildman–Crippen MR) is 87.8 cm³/mol. The summed E-state index contributed by atoms with van der Waals surface area (Å²) < 4.78 is 5.03. The third-order valence-corrected chi connectivity index (χ3v) is 3.35. The molecule has 3 aromatic rings. The number of hydrogen-bond acceptors (Lipinski definition) is 7. The summed E-state index contributed by atoms with van der Waals surface area (Å²) >= 11 is 0. The Hall–Kier alpha value is -2.96. The van der Waals surface area contributed by atoms with Gasteiger partial charge >= 0.3 is 0 Å². The van der Waals surface area contributed by atoms with Gasteiger partial charge in [-0.05, 0) is 37.1 Å². The van der Waals surface area contributed by atoms with Gasteiger partial charge in [-0.2, -0.15) is 4.98 Å². The van der Waals surface area contributed by atoms with E-state index < -0.39 is 0 Å². The molecule has 0 unspecified atom stereocenters. The lowest BCUT2D eigenvalue weighted by atomic mass is 10.2. The molecule has 0 aliphatic heterocycles. The number of rotatable bonds is 6. The van der Waals surface area contributed by atoms with Crippen LogP contribution in [0.4, 0.5) is 17.6 Å². The number of hydrogen-bond donors (Lipinski definition) is 1. The van der Waals surface area contributed by atoms with Crippen LogP contribution < -0.4 is 10.2 Å². The maximum atomic E-state index is 5.03. The first-order valence-electron chi connectivity index (χ1n) is 7.34. The summed E-state index contributed by atoms with van der Waals surface area (Å²) in [5, 5.41) is 7.00. The molecule has 7 nitrogen and oxygen atoms in total. The van der Waals surface area contributed by atoms with Gasteiger partial charge in [0.15, 0.2) is 5.82 Å². The molecule has 0 aliphatic rings. The van der Waals surface area contributed by atoms with Gasteiger partial charge in [-0.1, -0.05) is 5.16 Å². The number of nitrogens with one attached hydrogen (secondary N) is 1. The molecule has 0 bridgehead atoms. The summed E-state index contributed by atoms with van der Waals surface area (Å²) in [7, 11) is 1.97. The van der Waals surface area contributed by atoms with Crippen molar-refractivity contribution in [1.82, 2.24) is 20.1 Å². The van der Waals surface area contributed by atoms with E-state index >= 15 is 0 Å². The molecule has 0 saturated heterocycles. The van der Waals surface area contributed by atoms with Crippen molar-refractivity contribution in [2.45, 2.75) is 13.3 Å². The van der Waals surface area contributed by atoms with Crippen LogP contribution in [0.1, 0.15) is 11.3 Å². The molecule has 0 saturated carbocycles. The molecule has 1 N–H and O–H groups in total. The average molecular weight is 310 g/mol. The summed E-state index contributed by atoms with van der Waals surface area (Å²) in [5.74, 6) is 2.71. The van der Waals surface area contributed by atoms with Crippen LogP contribution in [0.5, 0.6) is 0 Å². The van der Waals surface area contributed by atoms with Gasteiger partial charge in [-0.25, -0.2) is 4.98 Å². The Morgan fingerprint density at radius 2 is 1.96 bits per heavy atom. The zero-order valence-corrected chi connectivity index (χ0v) is 13.1. The van der Waals surface area contributed by atoms with E-state index in [1.54, 1.807) is 24.7 Å². The first-order chi connectivity index (χ1) is 11.2. The first kappa shape index (κ1) is 15.0. The predicted octanol–water partition coefficient (Wildman–Crippen LogP) is 2.59. The van der Waals surface area contributed by atoms with Gasteiger partial charge in [-0.15, -0.1) is 0 Å². The fourth-order valence-corrected chi connectivity index (χ4v) is 2.10. The molecule has 0 aliphatic carbocycles. The molecule has 3 heterocycles. The molecule has 0 amide bonds. The molecule has 0 spiro atoms. The first-order valence-corrected chi connectivity index (χ1v) is 7.34. The molecule has 3 aromatic heterocycles. The van der Waals surface area contributed by atoms with E-state index in [4.69, 9.17) is 4.52 Å².